The van der Waals surface area contributed by atoms with Gasteiger partial charge in [-0.3, -0.25) is 9.78 Å². The number of ketones is 1. The van der Waals surface area contributed by atoms with E-state index in [2.05, 4.69) is 16.0 Å². The Kier molecular flexibility index (Phi) is 2.70. The van der Waals surface area contributed by atoms with E-state index in [4.69, 9.17) is 0 Å². The van der Waals surface area contributed by atoms with Gasteiger partial charge in [-0.2, -0.15) is 0 Å². The molecule has 0 aromatic carbocycles. The molecule has 0 saturated carbocycles. The van der Waals surface area contributed by atoms with E-state index in [1.807, 2.05) is 13.1 Å². The summed E-state index contributed by atoms with van der Waals surface area (Å²) in [6.45, 7) is 0. The van der Waals surface area contributed by atoms with E-state index in [9.17, 15) is 4.79 Å². The smallest absolute Gasteiger partial charge is 0.207 e. The molecule has 0 amide bonds. The number of nitrogens with zero attached hydrogens (tertiary/aromatic N) is 3. The van der Waals surface area contributed by atoms with Gasteiger partial charge in [-0.05, 0) is 30.9 Å². The van der Waals surface area contributed by atoms with Gasteiger partial charge in [0.05, 0.1) is 11.6 Å². The highest BCUT2D eigenvalue weighted by molar-refractivity contribution is 5.98. The van der Waals surface area contributed by atoms with Crippen molar-refractivity contribution in [3.8, 4) is 0 Å². The summed E-state index contributed by atoms with van der Waals surface area (Å²) in [5, 5.41) is 0. The molecule has 1 aliphatic rings. The monoisotopic (exact) mass is 241 g/mol. The number of pyridine rings is 1. The highest BCUT2D eigenvalue weighted by Crippen LogP contribution is 2.31. The molecule has 2 aromatic heterocycles. The first-order chi connectivity index (χ1) is 8.77. The van der Waals surface area contributed by atoms with Gasteiger partial charge in [0.1, 0.15) is 0 Å². The summed E-state index contributed by atoms with van der Waals surface area (Å²) >= 11 is 0. The predicted octanol–water partition coefficient (Wildman–Crippen LogP) is 2.12. The molecule has 92 valence electrons. The molecule has 1 unspecified atom stereocenters. The Morgan fingerprint density at radius 1 is 1.39 bits per heavy atom. The fourth-order valence-electron chi connectivity index (χ4n) is 2.62. The minimum atomic E-state index is -0.129. The minimum absolute atomic E-state index is 0.0853. The lowest BCUT2D eigenvalue weighted by atomic mass is 9.84. The molecule has 0 fully saturated rings. The second kappa shape index (κ2) is 4.37. The Morgan fingerprint density at radius 3 is 3.06 bits per heavy atom. The molecule has 4 heteroatoms. The second-order valence-corrected chi connectivity index (χ2v) is 4.72. The molecular formula is C14H15N3O. The van der Waals surface area contributed by atoms with Crippen molar-refractivity contribution in [1.29, 1.82) is 0 Å². The number of imidazole rings is 1. The maximum Gasteiger partial charge on any atom is 0.207 e. The lowest BCUT2D eigenvalue weighted by Crippen LogP contribution is -2.22. The summed E-state index contributed by atoms with van der Waals surface area (Å²) < 4.78 is 1.78. The van der Waals surface area contributed by atoms with Gasteiger partial charge in [0.2, 0.25) is 5.78 Å². The Bertz CT molecular complexity index is 588. The summed E-state index contributed by atoms with van der Waals surface area (Å²) in [6.07, 6.45) is 8.16. The maximum atomic E-state index is 12.5. The summed E-state index contributed by atoms with van der Waals surface area (Å²) in [5.41, 5.74) is 2.15. The third-order valence-corrected chi connectivity index (χ3v) is 3.55. The van der Waals surface area contributed by atoms with Crippen LogP contribution < -0.4 is 0 Å². The fraction of sp³-hybridized carbons (Fsp3) is 0.357. The van der Waals surface area contributed by atoms with Crippen LogP contribution in [0.2, 0.25) is 0 Å². The Morgan fingerprint density at radius 2 is 2.28 bits per heavy atom. The second-order valence-electron chi connectivity index (χ2n) is 4.72. The van der Waals surface area contributed by atoms with Crippen LogP contribution in [0.25, 0.3) is 0 Å². The average Bonchev–Trinajstić information content (AvgIpc) is 2.83. The van der Waals surface area contributed by atoms with E-state index in [-0.39, 0.29) is 11.7 Å². The van der Waals surface area contributed by atoms with Crippen LogP contribution in [-0.2, 0) is 13.5 Å². The number of Topliss-reactive ketones (excluding diaryl/α,β-unsaturated/α-hetero) is 1. The van der Waals surface area contributed by atoms with Crippen LogP contribution in [0, 0.1) is 0 Å². The van der Waals surface area contributed by atoms with E-state index in [0.717, 1.165) is 25.0 Å². The van der Waals surface area contributed by atoms with Crippen molar-refractivity contribution >= 4 is 5.78 Å². The average molecular weight is 241 g/mol. The van der Waals surface area contributed by atoms with E-state index in [1.165, 1.54) is 5.56 Å². The molecular weight excluding hydrogens is 226 g/mol. The summed E-state index contributed by atoms with van der Waals surface area (Å²) in [4.78, 5) is 21.1. The predicted molar refractivity (Wildman–Crippen MR) is 67.5 cm³/mol. The van der Waals surface area contributed by atoms with Gasteiger partial charge in [-0.25, -0.2) is 4.98 Å². The zero-order valence-corrected chi connectivity index (χ0v) is 10.3. The lowest BCUT2D eigenvalue weighted by molar-refractivity contribution is 0.0935. The first kappa shape index (κ1) is 11.1. The molecule has 0 spiro atoms. The largest absolute Gasteiger partial charge is 0.332 e. The quantitative estimate of drug-likeness (QED) is 0.757. The number of rotatable bonds is 2. The number of carbonyl (C=O) groups excluding carboxylic acids is 1. The number of aryl methyl sites for hydroxylation is 2. The third-order valence-electron chi connectivity index (χ3n) is 3.55. The topological polar surface area (TPSA) is 47.8 Å². The highest BCUT2D eigenvalue weighted by atomic mass is 16.1. The summed E-state index contributed by atoms with van der Waals surface area (Å²) in [6, 6.07) is 4.01. The van der Waals surface area contributed by atoms with Gasteiger partial charge in [-0.1, -0.05) is 6.07 Å². The molecule has 0 bridgehead atoms. The maximum absolute atomic E-state index is 12.5. The summed E-state index contributed by atoms with van der Waals surface area (Å²) in [7, 11) is 1.85. The van der Waals surface area contributed by atoms with Gasteiger partial charge in [0.25, 0.3) is 0 Å². The van der Waals surface area contributed by atoms with Gasteiger partial charge in [0, 0.05) is 25.6 Å². The van der Waals surface area contributed by atoms with Crippen LogP contribution >= 0.6 is 0 Å². The van der Waals surface area contributed by atoms with Crippen molar-refractivity contribution in [2.45, 2.75) is 25.2 Å². The molecule has 0 aliphatic heterocycles. The van der Waals surface area contributed by atoms with Crippen LogP contribution in [0.15, 0.2) is 30.7 Å². The Hall–Kier alpha value is -1.97. The Balaban J connectivity index is 2.00. The number of hydrogen-bond acceptors (Lipinski definition) is 3. The van der Waals surface area contributed by atoms with Crippen molar-refractivity contribution in [2.75, 3.05) is 0 Å². The first-order valence-corrected chi connectivity index (χ1v) is 6.22. The minimum Gasteiger partial charge on any atom is -0.332 e. The van der Waals surface area contributed by atoms with Crippen molar-refractivity contribution in [1.82, 2.24) is 14.5 Å². The molecule has 0 N–H and O–H groups in total. The van der Waals surface area contributed by atoms with E-state index >= 15 is 0 Å². The van der Waals surface area contributed by atoms with Crippen molar-refractivity contribution < 1.29 is 4.79 Å². The third kappa shape index (κ3) is 1.74. The first-order valence-electron chi connectivity index (χ1n) is 6.22. The van der Waals surface area contributed by atoms with E-state index in [0.29, 0.717) is 5.82 Å². The van der Waals surface area contributed by atoms with Crippen LogP contribution in [0.1, 0.15) is 40.6 Å². The lowest BCUT2D eigenvalue weighted by Gasteiger charge is -2.22. The Labute approximate surface area is 106 Å². The molecule has 3 rings (SSSR count). The number of fused-ring (bicyclic) bond motifs is 1. The standard InChI is InChI=1S/C14H15N3O/c1-17-9-8-16-14(17)13(18)11-6-2-4-10-5-3-7-15-12(10)11/h3,5,7-9,11H,2,4,6H2,1H3. The van der Waals surface area contributed by atoms with Gasteiger partial charge in [0.15, 0.2) is 5.82 Å². The number of aromatic nitrogens is 3. The van der Waals surface area contributed by atoms with Gasteiger partial charge in [-0.15, -0.1) is 0 Å². The number of hydrogen-bond donors (Lipinski definition) is 0. The van der Waals surface area contributed by atoms with Crippen molar-refractivity contribution in [3.05, 3.63) is 47.8 Å². The fourth-order valence-corrected chi connectivity index (χ4v) is 2.62. The van der Waals surface area contributed by atoms with Crippen LogP contribution in [0.4, 0.5) is 0 Å². The number of carbonyl (C=O) groups is 1. The van der Waals surface area contributed by atoms with Crippen LogP contribution in [0.5, 0.6) is 0 Å². The summed E-state index contributed by atoms with van der Waals surface area (Å²) in [5.74, 6) is 0.483. The highest BCUT2D eigenvalue weighted by Gasteiger charge is 2.30. The molecule has 1 atom stereocenters. The van der Waals surface area contributed by atoms with Crippen LogP contribution in [0.3, 0.4) is 0 Å². The van der Waals surface area contributed by atoms with Crippen molar-refractivity contribution in [3.63, 3.8) is 0 Å². The van der Waals surface area contributed by atoms with E-state index < -0.39 is 0 Å². The normalized spacial score (nSPS) is 18.4. The molecule has 0 radical (unpaired) electrons. The molecule has 1 aliphatic carbocycles. The molecule has 2 aromatic rings. The zero-order chi connectivity index (χ0) is 12.5. The van der Waals surface area contributed by atoms with Crippen molar-refractivity contribution in [2.24, 2.45) is 7.05 Å². The SMILES string of the molecule is Cn1ccnc1C(=O)C1CCCc2cccnc21. The van der Waals surface area contributed by atoms with Gasteiger partial charge < -0.3 is 4.57 Å². The van der Waals surface area contributed by atoms with Gasteiger partial charge >= 0.3 is 0 Å². The van der Waals surface area contributed by atoms with Crippen LogP contribution in [-0.4, -0.2) is 20.3 Å². The molecule has 4 nitrogen and oxygen atoms in total. The molecule has 2 heterocycles. The molecule has 18 heavy (non-hydrogen) atoms. The van der Waals surface area contributed by atoms with E-state index in [1.54, 1.807) is 23.2 Å². The zero-order valence-electron chi connectivity index (χ0n) is 10.3. The molecule has 0 saturated heterocycles.